The SMILES string of the molecule is CC(C)Cc1nc(COc2ccc(Cl)cc2)c(C(=O)O)cc1-c1ccc(Br)cc1. The summed E-state index contributed by atoms with van der Waals surface area (Å²) >= 11 is 9.34. The summed E-state index contributed by atoms with van der Waals surface area (Å²) in [6, 6.07) is 16.4. The van der Waals surface area contributed by atoms with Crippen LogP contribution in [0.15, 0.2) is 59.1 Å². The fourth-order valence-electron chi connectivity index (χ4n) is 2.99. The lowest BCUT2D eigenvalue weighted by Crippen LogP contribution is -2.12. The molecule has 0 radical (unpaired) electrons. The molecule has 0 aliphatic heterocycles. The molecule has 0 aliphatic rings. The van der Waals surface area contributed by atoms with Gasteiger partial charge in [-0.15, -0.1) is 0 Å². The Morgan fingerprint density at radius 1 is 1.10 bits per heavy atom. The Bertz CT molecular complexity index is 1000. The summed E-state index contributed by atoms with van der Waals surface area (Å²) in [6.45, 7) is 4.29. The van der Waals surface area contributed by atoms with E-state index < -0.39 is 5.97 Å². The minimum atomic E-state index is -1.03. The summed E-state index contributed by atoms with van der Waals surface area (Å²) in [5.74, 6) is -0.0472. The molecule has 0 amide bonds. The van der Waals surface area contributed by atoms with Gasteiger partial charge in [0.2, 0.25) is 0 Å². The van der Waals surface area contributed by atoms with E-state index in [2.05, 4.69) is 29.8 Å². The van der Waals surface area contributed by atoms with E-state index in [0.29, 0.717) is 22.4 Å². The molecule has 0 saturated carbocycles. The maximum Gasteiger partial charge on any atom is 0.337 e. The topological polar surface area (TPSA) is 59.4 Å². The Balaban J connectivity index is 2.01. The molecule has 0 spiro atoms. The quantitative estimate of drug-likeness (QED) is 0.417. The molecule has 6 heteroatoms. The van der Waals surface area contributed by atoms with Crippen LogP contribution >= 0.6 is 27.5 Å². The molecule has 3 rings (SSSR count). The predicted octanol–water partition coefficient (Wildman–Crippen LogP) is 6.64. The number of ether oxygens (including phenoxy) is 1. The summed E-state index contributed by atoms with van der Waals surface area (Å²) < 4.78 is 6.73. The number of rotatable bonds is 7. The van der Waals surface area contributed by atoms with Crippen molar-refractivity contribution in [2.75, 3.05) is 0 Å². The first-order chi connectivity index (χ1) is 13.8. The largest absolute Gasteiger partial charge is 0.487 e. The van der Waals surface area contributed by atoms with Crippen molar-refractivity contribution in [3.63, 3.8) is 0 Å². The van der Waals surface area contributed by atoms with Crippen molar-refractivity contribution >= 4 is 33.5 Å². The van der Waals surface area contributed by atoms with Gasteiger partial charge in [-0.3, -0.25) is 4.98 Å². The molecule has 0 saturated heterocycles. The minimum Gasteiger partial charge on any atom is -0.487 e. The van der Waals surface area contributed by atoms with Crippen molar-refractivity contribution in [2.24, 2.45) is 5.92 Å². The number of nitrogens with zero attached hydrogens (tertiary/aromatic N) is 1. The Morgan fingerprint density at radius 3 is 2.34 bits per heavy atom. The summed E-state index contributed by atoms with van der Waals surface area (Å²) in [5.41, 5.74) is 3.18. The third kappa shape index (κ3) is 5.58. The van der Waals surface area contributed by atoms with E-state index in [-0.39, 0.29) is 12.2 Å². The molecule has 0 atom stereocenters. The van der Waals surface area contributed by atoms with Crippen molar-refractivity contribution in [3.8, 4) is 16.9 Å². The number of carboxylic acids is 1. The van der Waals surface area contributed by atoms with E-state index >= 15 is 0 Å². The van der Waals surface area contributed by atoms with Crippen LogP contribution in [0.5, 0.6) is 5.75 Å². The first-order valence-corrected chi connectivity index (χ1v) is 10.4. The Morgan fingerprint density at radius 2 is 1.76 bits per heavy atom. The molecule has 150 valence electrons. The van der Waals surface area contributed by atoms with Crippen molar-refractivity contribution < 1.29 is 14.6 Å². The van der Waals surface area contributed by atoms with Crippen LogP contribution in [0.4, 0.5) is 0 Å². The highest BCUT2D eigenvalue weighted by molar-refractivity contribution is 9.10. The summed E-state index contributed by atoms with van der Waals surface area (Å²) in [7, 11) is 0. The number of aromatic nitrogens is 1. The van der Waals surface area contributed by atoms with Gasteiger partial charge in [-0.2, -0.15) is 0 Å². The second-order valence-electron chi connectivity index (χ2n) is 7.13. The zero-order valence-electron chi connectivity index (χ0n) is 16.2. The number of hydrogen-bond acceptors (Lipinski definition) is 3. The van der Waals surface area contributed by atoms with E-state index in [4.69, 9.17) is 21.3 Å². The molecule has 0 unspecified atom stereocenters. The second kappa shape index (κ2) is 9.42. The fourth-order valence-corrected chi connectivity index (χ4v) is 3.38. The fraction of sp³-hybridized carbons (Fsp3) is 0.217. The average Bonchev–Trinajstić information content (AvgIpc) is 2.67. The zero-order chi connectivity index (χ0) is 21.0. The van der Waals surface area contributed by atoms with Crippen LogP contribution in [0.1, 0.15) is 35.6 Å². The van der Waals surface area contributed by atoms with Crippen LogP contribution < -0.4 is 4.74 Å². The first kappa shape index (κ1) is 21.3. The molecule has 2 aromatic carbocycles. The number of hydrogen-bond donors (Lipinski definition) is 1. The lowest BCUT2D eigenvalue weighted by Gasteiger charge is -2.16. The first-order valence-electron chi connectivity index (χ1n) is 9.24. The van der Waals surface area contributed by atoms with Gasteiger partial charge in [0.15, 0.2) is 0 Å². The van der Waals surface area contributed by atoms with Crippen LogP contribution in [-0.4, -0.2) is 16.1 Å². The maximum atomic E-state index is 11.9. The van der Waals surface area contributed by atoms with Gasteiger partial charge < -0.3 is 9.84 Å². The Hall–Kier alpha value is -2.37. The van der Waals surface area contributed by atoms with Gasteiger partial charge in [-0.1, -0.05) is 53.5 Å². The molecule has 29 heavy (non-hydrogen) atoms. The highest BCUT2D eigenvalue weighted by Crippen LogP contribution is 2.29. The third-order valence-corrected chi connectivity index (χ3v) is 5.14. The number of pyridine rings is 1. The number of carbonyl (C=O) groups is 1. The molecular formula is C23H21BrClNO3. The molecule has 3 aromatic rings. The van der Waals surface area contributed by atoms with Crippen LogP contribution in [-0.2, 0) is 13.0 Å². The van der Waals surface area contributed by atoms with Crippen LogP contribution in [0.25, 0.3) is 11.1 Å². The number of aromatic carboxylic acids is 1. The van der Waals surface area contributed by atoms with Gasteiger partial charge in [0, 0.05) is 20.8 Å². The Kier molecular flexibility index (Phi) is 6.93. The molecule has 1 heterocycles. The second-order valence-corrected chi connectivity index (χ2v) is 8.48. The zero-order valence-corrected chi connectivity index (χ0v) is 18.5. The summed E-state index contributed by atoms with van der Waals surface area (Å²) in [4.78, 5) is 16.7. The standard InChI is InChI=1S/C23H21BrClNO3/c1-14(2)11-21-19(15-3-5-16(24)6-4-15)12-20(23(27)28)22(26-21)13-29-18-9-7-17(25)8-10-18/h3-10,12,14H,11,13H2,1-2H3,(H,27,28). The average molecular weight is 475 g/mol. The normalized spacial score (nSPS) is 10.9. The van der Waals surface area contributed by atoms with E-state index in [1.807, 2.05) is 24.3 Å². The van der Waals surface area contributed by atoms with Crippen molar-refractivity contribution in [2.45, 2.75) is 26.9 Å². The lowest BCUT2D eigenvalue weighted by molar-refractivity contribution is 0.0693. The van der Waals surface area contributed by atoms with Gasteiger partial charge in [0.05, 0.1) is 11.3 Å². The summed E-state index contributed by atoms with van der Waals surface area (Å²) in [6.07, 6.45) is 0.735. The number of benzene rings is 2. The Labute approximate surface area is 183 Å². The van der Waals surface area contributed by atoms with Gasteiger partial charge in [-0.25, -0.2) is 4.79 Å². The van der Waals surface area contributed by atoms with Crippen LogP contribution in [0.3, 0.4) is 0 Å². The molecule has 1 aromatic heterocycles. The molecular weight excluding hydrogens is 454 g/mol. The predicted molar refractivity (Wildman–Crippen MR) is 119 cm³/mol. The van der Waals surface area contributed by atoms with Crippen molar-refractivity contribution in [3.05, 3.63) is 81.0 Å². The van der Waals surface area contributed by atoms with Crippen LogP contribution in [0.2, 0.25) is 5.02 Å². The smallest absolute Gasteiger partial charge is 0.337 e. The van der Waals surface area contributed by atoms with Crippen molar-refractivity contribution in [1.82, 2.24) is 4.98 Å². The summed E-state index contributed by atoms with van der Waals surface area (Å²) in [5, 5.41) is 10.4. The van der Waals surface area contributed by atoms with Gasteiger partial charge >= 0.3 is 5.97 Å². The highest BCUT2D eigenvalue weighted by Gasteiger charge is 2.19. The van der Waals surface area contributed by atoms with E-state index in [1.54, 1.807) is 30.3 Å². The van der Waals surface area contributed by atoms with E-state index in [1.165, 1.54) is 0 Å². The highest BCUT2D eigenvalue weighted by atomic mass is 79.9. The maximum absolute atomic E-state index is 11.9. The molecule has 0 fully saturated rings. The van der Waals surface area contributed by atoms with Crippen molar-refractivity contribution in [1.29, 1.82) is 0 Å². The van der Waals surface area contributed by atoms with E-state index in [9.17, 15) is 9.90 Å². The molecule has 0 bridgehead atoms. The van der Waals surface area contributed by atoms with Gasteiger partial charge in [-0.05, 0) is 60.4 Å². The molecule has 0 aliphatic carbocycles. The van der Waals surface area contributed by atoms with Gasteiger partial charge in [0.1, 0.15) is 12.4 Å². The number of carboxylic acid groups (broad SMARTS) is 1. The molecule has 1 N–H and O–H groups in total. The van der Waals surface area contributed by atoms with Gasteiger partial charge in [0.25, 0.3) is 0 Å². The van der Waals surface area contributed by atoms with Crippen LogP contribution in [0, 0.1) is 5.92 Å². The number of halogens is 2. The molecule has 4 nitrogen and oxygen atoms in total. The minimum absolute atomic E-state index is 0.0645. The lowest BCUT2D eigenvalue weighted by atomic mass is 9.95. The monoisotopic (exact) mass is 473 g/mol. The van der Waals surface area contributed by atoms with E-state index in [0.717, 1.165) is 27.7 Å². The third-order valence-electron chi connectivity index (χ3n) is 4.36.